The first-order valence-corrected chi connectivity index (χ1v) is 5.34. The summed E-state index contributed by atoms with van der Waals surface area (Å²) in [5, 5.41) is 3.37. The Kier molecular flexibility index (Phi) is 4.78. The van der Waals surface area contributed by atoms with E-state index in [1.165, 1.54) is 18.4 Å². The summed E-state index contributed by atoms with van der Waals surface area (Å²) in [7, 11) is 2.18. The number of nitrogens with one attached hydrogen (secondary N) is 1. The van der Waals surface area contributed by atoms with Crippen molar-refractivity contribution in [1.29, 1.82) is 0 Å². The van der Waals surface area contributed by atoms with Gasteiger partial charge >= 0.3 is 0 Å². The van der Waals surface area contributed by atoms with Gasteiger partial charge in [-0.1, -0.05) is 11.6 Å². The molecule has 76 valence electrons. The second kappa shape index (κ2) is 5.63. The Morgan fingerprint density at radius 1 is 1.54 bits per heavy atom. The summed E-state index contributed by atoms with van der Waals surface area (Å²) in [6.45, 7) is 5.37. The molecule has 3 heteroatoms. The van der Waals surface area contributed by atoms with E-state index < -0.39 is 0 Å². The van der Waals surface area contributed by atoms with E-state index in [0.29, 0.717) is 0 Å². The van der Waals surface area contributed by atoms with Crippen molar-refractivity contribution < 1.29 is 0 Å². The van der Waals surface area contributed by atoms with E-state index in [1.807, 2.05) is 0 Å². The van der Waals surface area contributed by atoms with E-state index in [2.05, 4.69) is 24.2 Å². The summed E-state index contributed by atoms with van der Waals surface area (Å²) < 4.78 is 0. The number of hydrogen-bond donors (Lipinski definition) is 1. The number of piperidine rings is 1. The Bertz CT molecular complexity index is 174. The zero-order valence-corrected chi connectivity index (χ0v) is 9.27. The molecular weight excluding hydrogens is 184 g/mol. The maximum Gasteiger partial charge on any atom is 0.0201 e. The maximum absolute atomic E-state index is 5.63. The van der Waals surface area contributed by atoms with E-state index in [0.717, 1.165) is 25.7 Å². The number of rotatable bonds is 3. The lowest BCUT2D eigenvalue weighted by atomic mass is 10.1. The van der Waals surface area contributed by atoms with Crippen LogP contribution in [0.3, 0.4) is 0 Å². The van der Waals surface area contributed by atoms with E-state index in [9.17, 15) is 0 Å². The van der Waals surface area contributed by atoms with Crippen LogP contribution in [0.4, 0.5) is 0 Å². The van der Waals surface area contributed by atoms with Crippen LogP contribution in [0.15, 0.2) is 11.1 Å². The molecule has 1 N–H and O–H groups in total. The molecule has 0 atom stereocenters. The SMILES string of the molecule is CC(=CCl)CN(C)C1CCNCC1. The minimum absolute atomic E-state index is 0.729. The predicted molar refractivity (Wildman–Crippen MR) is 58.1 cm³/mol. The molecule has 1 aliphatic heterocycles. The van der Waals surface area contributed by atoms with Crippen molar-refractivity contribution in [2.75, 3.05) is 26.7 Å². The van der Waals surface area contributed by atoms with Crippen molar-refractivity contribution in [3.8, 4) is 0 Å². The van der Waals surface area contributed by atoms with Crippen LogP contribution in [0.25, 0.3) is 0 Å². The van der Waals surface area contributed by atoms with Crippen LogP contribution in [0, 0.1) is 0 Å². The normalized spacial score (nSPS) is 21.1. The monoisotopic (exact) mass is 202 g/mol. The predicted octanol–water partition coefficient (Wildman–Crippen LogP) is 1.81. The van der Waals surface area contributed by atoms with Crippen molar-refractivity contribution in [2.45, 2.75) is 25.8 Å². The Morgan fingerprint density at radius 2 is 2.15 bits per heavy atom. The lowest BCUT2D eigenvalue weighted by Gasteiger charge is -2.31. The first kappa shape index (κ1) is 11.0. The van der Waals surface area contributed by atoms with Gasteiger partial charge in [0.2, 0.25) is 0 Å². The van der Waals surface area contributed by atoms with Gasteiger partial charge in [0, 0.05) is 18.1 Å². The van der Waals surface area contributed by atoms with Crippen LogP contribution in [-0.2, 0) is 0 Å². The highest BCUT2D eigenvalue weighted by atomic mass is 35.5. The van der Waals surface area contributed by atoms with Crippen LogP contribution in [0.1, 0.15) is 19.8 Å². The number of hydrogen-bond acceptors (Lipinski definition) is 2. The fourth-order valence-electron chi connectivity index (χ4n) is 1.80. The molecule has 0 unspecified atom stereocenters. The minimum Gasteiger partial charge on any atom is -0.317 e. The second-order valence-electron chi connectivity index (χ2n) is 3.85. The van der Waals surface area contributed by atoms with Gasteiger partial charge in [-0.2, -0.15) is 0 Å². The molecule has 0 aliphatic carbocycles. The summed E-state index contributed by atoms with van der Waals surface area (Å²) in [5.41, 5.74) is 2.92. The third-order valence-electron chi connectivity index (χ3n) is 2.62. The van der Waals surface area contributed by atoms with Gasteiger partial charge in [-0.15, -0.1) is 0 Å². The number of likely N-dealkylation sites (N-methyl/N-ethyl adjacent to an activating group) is 1. The highest BCUT2D eigenvalue weighted by Crippen LogP contribution is 2.11. The summed E-state index contributed by atoms with van der Waals surface area (Å²) in [4.78, 5) is 2.40. The molecule has 0 spiro atoms. The summed E-state index contributed by atoms with van der Waals surface area (Å²) in [5.74, 6) is 0. The van der Waals surface area contributed by atoms with Crippen LogP contribution in [0.2, 0.25) is 0 Å². The van der Waals surface area contributed by atoms with Crippen molar-refractivity contribution in [2.24, 2.45) is 0 Å². The van der Waals surface area contributed by atoms with E-state index in [-0.39, 0.29) is 0 Å². The Balaban J connectivity index is 2.32. The molecule has 1 heterocycles. The largest absolute Gasteiger partial charge is 0.317 e. The van der Waals surface area contributed by atoms with Crippen LogP contribution in [-0.4, -0.2) is 37.6 Å². The van der Waals surface area contributed by atoms with Crippen molar-refractivity contribution in [3.05, 3.63) is 11.1 Å². The molecule has 0 aromatic heterocycles. The number of halogens is 1. The fourth-order valence-corrected chi connectivity index (χ4v) is 1.87. The quantitative estimate of drug-likeness (QED) is 0.751. The average molecular weight is 203 g/mol. The topological polar surface area (TPSA) is 15.3 Å². The number of nitrogens with zero attached hydrogens (tertiary/aromatic N) is 1. The second-order valence-corrected chi connectivity index (χ2v) is 4.07. The third-order valence-corrected chi connectivity index (χ3v) is 2.99. The Hall–Kier alpha value is -0.0500. The molecule has 0 aromatic rings. The van der Waals surface area contributed by atoms with Gasteiger partial charge in [-0.25, -0.2) is 0 Å². The van der Waals surface area contributed by atoms with Gasteiger partial charge in [0.25, 0.3) is 0 Å². The molecule has 1 fully saturated rings. The molecule has 0 amide bonds. The lowest BCUT2D eigenvalue weighted by Crippen LogP contribution is -2.41. The molecule has 1 saturated heterocycles. The van der Waals surface area contributed by atoms with Crippen LogP contribution >= 0.6 is 11.6 Å². The molecule has 0 radical (unpaired) electrons. The van der Waals surface area contributed by atoms with Gasteiger partial charge in [0.05, 0.1) is 0 Å². The van der Waals surface area contributed by atoms with Crippen molar-refractivity contribution in [1.82, 2.24) is 10.2 Å². The fraction of sp³-hybridized carbons (Fsp3) is 0.800. The Labute approximate surface area is 85.9 Å². The van der Waals surface area contributed by atoms with Crippen LogP contribution < -0.4 is 5.32 Å². The smallest absolute Gasteiger partial charge is 0.0201 e. The molecule has 1 rings (SSSR count). The summed E-state index contributed by atoms with van der Waals surface area (Å²) in [6.07, 6.45) is 2.51. The zero-order valence-electron chi connectivity index (χ0n) is 8.52. The molecule has 1 aliphatic rings. The third kappa shape index (κ3) is 3.67. The van der Waals surface area contributed by atoms with Gasteiger partial charge in [-0.05, 0) is 45.5 Å². The lowest BCUT2D eigenvalue weighted by molar-refractivity contribution is 0.213. The standard InChI is InChI=1S/C10H19ClN2/c1-9(7-11)8-13(2)10-3-5-12-6-4-10/h7,10,12H,3-6,8H2,1-2H3. The van der Waals surface area contributed by atoms with Gasteiger partial charge in [0.15, 0.2) is 0 Å². The molecule has 0 saturated carbocycles. The highest BCUT2D eigenvalue weighted by Gasteiger charge is 2.17. The molecular formula is C10H19ClN2. The van der Waals surface area contributed by atoms with E-state index >= 15 is 0 Å². The minimum atomic E-state index is 0.729. The van der Waals surface area contributed by atoms with Crippen molar-refractivity contribution in [3.63, 3.8) is 0 Å². The highest BCUT2D eigenvalue weighted by molar-refractivity contribution is 6.25. The first-order valence-electron chi connectivity index (χ1n) is 4.91. The Morgan fingerprint density at radius 3 is 2.69 bits per heavy atom. The van der Waals surface area contributed by atoms with E-state index in [4.69, 9.17) is 11.6 Å². The first-order chi connectivity index (χ1) is 6.24. The zero-order chi connectivity index (χ0) is 9.68. The summed E-state index contributed by atoms with van der Waals surface area (Å²) in [6, 6.07) is 0.729. The van der Waals surface area contributed by atoms with E-state index in [1.54, 1.807) is 5.54 Å². The molecule has 0 bridgehead atoms. The molecule has 13 heavy (non-hydrogen) atoms. The van der Waals surface area contributed by atoms with Gasteiger partial charge in [-0.3, -0.25) is 4.90 Å². The maximum atomic E-state index is 5.63. The van der Waals surface area contributed by atoms with Gasteiger partial charge < -0.3 is 5.32 Å². The average Bonchev–Trinajstić information content (AvgIpc) is 2.19. The molecule has 2 nitrogen and oxygen atoms in total. The van der Waals surface area contributed by atoms with Crippen molar-refractivity contribution >= 4 is 11.6 Å². The van der Waals surface area contributed by atoms with Crippen LogP contribution in [0.5, 0.6) is 0 Å². The van der Waals surface area contributed by atoms with Gasteiger partial charge in [0.1, 0.15) is 0 Å². The summed E-state index contributed by atoms with van der Waals surface area (Å²) >= 11 is 5.63. The molecule has 0 aromatic carbocycles.